The van der Waals surface area contributed by atoms with Crippen molar-refractivity contribution in [3.63, 3.8) is 0 Å². The molecule has 0 atom stereocenters. The monoisotopic (exact) mass is 362 g/mol. The van der Waals surface area contributed by atoms with Crippen LogP contribution in [0.3, 0.4) is 0 Å². The average Bonchev–Trinajstić information content (AvgIpc) is 2.42. The van der Waals surface area contributed by atoms with Crippen LogP contribution in [0.1, 0.15) is 11.3 Å². The Hall–Kier alpha value is -1.07. The minimum atomic E-state index is 0.203. The number of aromatic nitrogens is 2. The van der Waals surface area contributed by atoms with E-state index >= 15 is 0 Å². The van der Waals surface area contributed by atoms with Gasteiger partial charge in [0.05, 0.1) is 12.4 Å². The van der Waals surface area contributed by atoms with E-state index in [1.807, 2.05) is 6.07 Å². The summed E-state index contributed by atoms with van der Waals surface area (Å²) in [7, 11) is 0. The van der Waals surface area contributed by atoms with Gasteiger partial charge in [-0.25, -0.2) is 9.97 Å². The molecule has 0 saturated heterocycles. The summed E-state index contributed by atoms with van der Waals surface area (Å²) in [5.74, 6) is 0. The van der Waals surface area contributed by atoms with Gasteiger partial charge >= 0.3 is 0 Å². The third-order valence-electron chi connectivity index (χ3n) is 2.53. The second-order valence-electron chi connectivity index (χ2n) is 4.02. The Bertz CT molecular complexity index is 661. The van der Waals surface area contributed by atoms with Gasteiger partial charge in [-0.2, -0.15) is 5.10 Å². The molecule has 2 aromatic rings. The van der Waals surface area contributed by atoms with Crippen LogP contribution in [-0.2, 0) is 6.42 Å². The molecule has 0 aliphatic heterocycles. The van der Waals surface area contributed by atoms with Gasteiger partial charge in [-0.15, -0.1) is 0 Å². The zero-order valence-corrected chi connectivity index (χ0v) is 13.7. The van der Waals surface area contributed by atoms with E-state index in [-0.39, 0.29) is 10.3 Å². The van der Waals surface area contributed by atoms with Crippen LogP contribution in [0.25, 0.3) is 0 Å². The number of rotatable bonds is 5. The maximum absolute atomic E-state index is 6.07. The van der Waals surface area contributed by atoms with Crippen molar-refractivity contribution in [3.05, 3.63) is 56.0 Å². The largest absolute Gasteiger partial charge is 0.310 e. The summed E-state index contributed by atoms with van der Waals surface area (Å²) in [5.41, 5.74) is 4.32. The zero-order chi connectivity index (χ0) is 15.2. The topological polar surface area (TPSA) is 50.2 Å². The molecule has 0 amide bonds. The number of halogens is 4. The number of nitrogens with one attached hydrogen (secondary N) is 1. The molecule has 1 aromatic heterocycles. The molecule has 0 aliphatic carbocycles. The molecule has 0 bridgehead atoms. The van der Waals surface area contributed by atoms with Crippen molar-refractivity contribution < 1.29 is 0 Å². The molecule has 0 saturated carbocycles. The van der Waals surface area contributed by atoms with E-state index in [0.29, 0.717) is 28.7 Å². The smallest absolute Gasteiger partial charge is 0.158 e. The number of nitrogens with zero attached hydrogens (tertiary/aromatic N) is 3. The van der Waals surface area contributed by atoms with Crippen LogP contribution in [-0.4, -0.2) is 22.7 Å². The van der Waals surface area contributed by atoms with Crippen molar-refractivity contribution in [2.24, 2.45) is 5.10 Å². The number of hydrazone groups is 1. The highest BCUT2D eigenvalue weighted by atomic mass is 35.5. The van der Waals surface area contributed by atoms with Gasteiger partial charge < -0.3 is 5.43 Å². The van der Waals surface area contributed by atoms with E-state index in [0.717, 1.165) is 5.56 Å². The van der Waals surface area contributed by atoms with Crippen LogP contribution >= 0.6 is 46.4 Å². The van der Waals surface area contributed by atoms with Crippen molar-refractivity contribution in [1.29, 1.82) is 0 Å². The standard InChI is InChI=1S/C13H10Cl4N4/c14-9-2-1-8(10(15)5-9)3-4-19-20-6-11-13(17)21-12(16)7-18-11/h1-2,5-7,19H,3-4H2/b20-6-. The van der Waals surface area contributed by atoms with Gasteiger partial charge in [-0.05, 0) is 24.1 Å². The molecule has 0 spiro atoms. The van der Waals surface area contributed by atoms with Crippen LogP contribution in [0.2, 0.25) is 20.4 Å². The molecule has 110 valence electrons. The van der Waals surface area contributed by atoms with Crippen molar-refractivity contribution in [2.75, 3.05) is 6.54 Å². The lowest BCUT2D eigenvalue weighted by molar-refractivity contribution is 0.734. The maximum atomic E-state index is 6.07. The van der Waals surface area contributed by atoms with Gasteiger partial charge in [0.25, 0.3) is 0 Å². The molecule has 0 fully saturated rings. The molecule has 1 N–H and O–H groups in total. The molecule has 0 aliphatic rings. The van der Waals surface area contributed by atoms with E-state index in [9.17, 15) is 0 Å². The molecule has 1 aromatic carbocycles. The lowest BCUT2D eigenvalue weighted by Gasteiger charge is -2.04. The third-order valence-corrected chi connectivity index (χ3v) is 3.57. The highest BCUT2D eigenvalue weighted by molar-refractivity contribution is 6.35. The predicted octanol–water partition coefficient (Wildman–Crippen LogP) is 4.26. The minimum Gasteiger partial charge on any atom is -0.310 e. The average molecular weight is 364 g/mol. The van der Waals surface area contributed by atoms with E-state index < -0.39 is 0 Å². The van der Waals surface area contributed by atoms with Gasteiger partial charge in [0.15, 0.2) is 5.15 Å². The molecule has 2 rings (SSSR count). The minimum absolute atomic E-state index is 0.203. The molecule has 0 unspecified atom stereocenters. The zero-order valence-electron chi connectivity index (χ0n) is 10.7. The third kappa shape index (κ3) is 5.00. The fourth-order valence-electron chi connectivity index (χ4n) is 1.53. The Balaban J connectivity index is 1.85. The molecule has 21 heavy (non-hydrogen) atoms. The Morgan fingerprint density at radius 1 is 1.19 bits per heavy atom. The summed E-state index contributed by atoms with van der Waals surface area (Å²) < 4.78 is 0. The van der Waals surface area contributed by atoms with E-state index in [4.69, 9.17) is 46.4 Å². The summed E-state index contributed by atoms with van der Waals surface area (Å²) in [6.45, 7) is 0.608. The molecule has 8 heteroatoms. The fourth-order valence-corrected chi connectivity index (χ4v) is 2.40. The van der Waals surface area contributed by atoms with Gasteiger partial charge in [-0.1, -0.05) is 52.5 Å². The van der Waals surface area contributed by atoms with Crippen molar-refractivity contribution in [2.45, 2.75) is 6.42 Å². The highest BCUT2D eigenvalue weighted by Gasteiger charge is 2.02. The normalized spacial score (nSPS) is 11.0. The Labute approximate surface area is 142 Å². The summed E-state index contributed by atoms with van der Waals surface area (Å²) in [6.07, 6.45) is 3.60. The predicted molar refractivity (Wildman–Crippen MR) is 87.8 cm³/mol. The molecule has 1 heterocycles. The van der Waals surface area contributed by atoms with Gasteiger partial charge in [0.1, 0.15) is 10.8 Å². The molecular weight excluding hydrogens is 354 g/mol. The number of hydrogen-bond acceptors (Lipinski definition) is 4. The second-order valence-corrected chi connectivity index (χ2v) is 5.61. The molecule has 0 radical (unpaired) electrons. The summed E-state index contributed by atoms with van der Waals surface area (Å²) in [4.78, 5) is 7.87. The van der Waals surface area contributed by atoms with Crippen LogP contribution in [0, 0.1) is 0 Å². The molecule has 4 nitrogen and oxygen atoms in total. The van der Waals surface area contributed by atoms with Gasteiger partial charge in [-0.3, -0.25) is 0 Å². The quantitative estimate of drug-likeness (QED) is 0.490. The first-order chi connectivity index (χ1) is 10.1. The number of benzene rings is 1. The van der Waals surface area contributed by atoms with Crippen molar-refractivity contribution in [3.8, 4) is 0 Å². The van der Waals surface area contributed by atoms with Gasteiger partial charge in [0, 0.05) is 16.6 Å². The lowest BCUT2D eigenvalue weighted by atomic mass is 10.1. The van der Waals surface area contributed by atoms with Gasteiger partial charge in [0.2, 0.25) is 0 Å². The van der Waals surface area contributed by atoms with Crippen molar-refractivity contribution >= 4 is 52.6 Å². The van der Waals surface area contributed by atoms with Crippen molar-refractivity contribution in [1.82, 2.24) is 15.4 Å². The van der Waals surface area contributed by atoms with E-state index in [2.05, 4.69) is 20.5 Å². The van der Waals surface area contributed by atoms with Crippen LogP contribution in [0.15, 0.2) is 29.5 Å². The summed E-state index contributed by atoms with van der Waals surface area (Å²) in [6, 6.07) is 5.40. The van der Waals surface area contributed by atoms with E-state index in [1.54, 1.807) is 12.1 Å². The summed E-state index contributed by atoms with van der Waals surface area (Å²) in [5, 5.41) is 5.72. The van der Waals surface area contributed by atoms with Crippen LogP contribution in [0.4, 0.5) is 0 Å². The summed E-state index contributed by atoms with van der Waals surface area (Å²) >= 11 is 23.4. The fraction of sp³-hybridized carbons (Fsp3) is 0.154. The Morgan fingerprint density at radius 3 is 2.71 bits per heavy atom. The first-order valence-corrected chi connectivity index (χ1v) is 7.45. The Kier molecular flexibility index (Phi) is 6.06. The SMILES string of the molecule is Clc1ccc(CCN/N=C\c2ncc(Cl)nc2Cl)c(Cl)c1. The second kappa shape index (κ2) is 7.80. The lowest BCUT2D eigenvalue weighted by Crippen LogP contribution is -2.11. The van der Waals surface area contributed by atoms with Crippen LogP contribution < -0.4 is 5.43 Å². The Morgan fingerprint density at radius 2 is 2.00 bits per heavy atom. The number of hydrogen-bond donors (Lipinski definition) is 1. The first kappa shape index (κ1) is 16.3. The maximum Gasteiger partial charge on any atom is 0.158 e. The van der Waals surface area contributed by atoms with Crippen LogP contribution in [0.5, 0.6) is 0 Å². The highest BCUT2D eigenvalue weighted by Crippen LogP contribution is 2.21. The first-order valence-electron chi connectivity index (χ1n) is 5.94. The molecular formula is C13H10Cl4N4. The van der Waals surface area contributed by atoms with E-state index in [1.165, 1.54) is 12.4 Å².